The Morgan fingerprint density at radius 2 is 2.33 bits per heavy atom. The molecular weight excluding hydrogens is 224 g/mol. The second-order valence-electron chi connectivity index (χ2n) is 5.13. The molecule has 2 aromatic rings. The van der Waals surface area contributed by atoms with Crippen molar-refractivity contribution in [1.82, 2.24) is 9.97 Å². The van der Waals surface area contributed by atoms with Gasteiger partial charge < -0.3 is 9.72 Å². The molecule has 1 aromatic heterocycles. The molecule has 3 rings (SSSR count). The smallest absolute Gasteiger partial charge is 0.150 e. The van der Waals surface area contributed by atoms with Crippen LogP contribution in [0.25, 0.3) is 11.0 Å². The van der Waals surface area contributed by atoms with Crippen LogP contribution in [-0.4, -0.2) is 16.1 Å². The van der Waals surface area contributed by atoms with Crippen molar-refractivity contribution in [1.29, 1.82) is 0 Å². The molecule has 0 saturated heterocycles. The van der Waals surface area contributed by atoms with Crippen LogP contribution >= 0.6 is 0 Å². The summed E-state index contributed by atoms with van der Waals surface area (Å²) in [4.78, 5) is 7.53. The SMILES string of the molecule is CCCCCC1CCc2ccc3[nH]cnc3c2O1. The fourth-order valence-corrected chi connectivity index (χ4v) is 2.72. The summed E-state index contributed by atoms with van der Waals surface area (Å²) in [5.41, 5.74) is 3.37. The molecule has 0 saturated carbocycles. The van der Waals surface area contributed by atoms with Crippen molar-refractivity contribution in [2.24, 2.45) is 0 Å². The minimum absolute atomic E-state index is 0.381. The molecular formula is C15H20N2O. The van der Waals surface area contributed by atoms with Crippen molar-refractivity contribution in [3.05, 3.63) is 24.0 Å². The number of rotatable bonds is 4. The summed E-state index contributed by atoms with van der Waals surface area (Å²) in [6.07, 6.45) is 9.41. The van der Waals surface area contributed by atoms with E-state index >= 15 is 0 Å². The Morgan fingerprint density at radius 1 is 1.39 bits per heavy atom. The lowest BCUT2D eigenvalue weighted by atomic mass is 9.98. The van der Waals surface area contributed by atoms with E-state index in [4.69, 9.17) is 4.74 Å². The van der Waals surface area contributed by atoms with E-state index in [-0.39, 0.29) is 0 Å². The number of hydrogen-bond donors (Lipinski definition) is 1. The van der Waals surface area contributed by atoms with Crippen LogP contribution in [0.2, 0.25) is 0 Å². The number of unbranched alkanes of at least 4 members (excludes halogenated alkanes) is 2. The average Bonchev–Trinajstić information content (AvgIpc) is 2.87. The zero-order valence-electron chi connectivity index (χ0n) is 10.9. The van der Waals surface area contributed by atoms with Crippen molar-refractivity contribution in [3.63, 3.8) is 0 Å². The van der Waals surface area contributed by atoms with Gasteiger partial charge in [0.2, 0.25) is 0 Å². The first-order valence-electron chi connectivity index (χ1n) is 7.00. The van der Waals surface area contributed by atoms with Gasteiger partial charge in [-0.25, -0.2) is 4.98 Å². The normalized spacial score (nSPS) is 18.6. The zero-order chi connectivity index (χ0) is 12.4. The van der Waals surface area contributed by atoms with Gasteiger partial charge in [0, 0.05) is 0 Å². The molecule has 2 heterocycles. The molecule has 18 heavy (non-hydrogen) atoms. The van der Waals surface area contributed by atoms with Gasteiger partial charge in [0.25, 0.3) is 0 Å². The van der Waals surface area contributed by atoms with E-state index in [0.29, 0.717) is 6.10 Å². The molecule has 3 heteroatoms. The van der Waals surface area contributed by atoms with E-state index in [1.807, 2.05) is 0 Å². The lowest BCUT2D eigenvalue weighted by Gasteiger charge is -2.26. The van der Waals surface area contributed by atoms with Gasteiger partial charge in [0.05, 0.1) is 17.9 Å². The number of nitrogens with zero attached hydrogens (tertiary/aromatic N) is 1. The van der Waals surface area contributed by atoms with Crippen molar-refractivity contribution in [2.45, 2.75) is 51.6 Å². The van der Waals surface area contributed by atoms with Gasteiger partial charge >= 0.3 is 0 Å². The van der Waals surface area contributed by atoms with E-state index in [2.05, 4.69) is 29.0 Å². The Labute approximate surface area is 108 Å². The molecule has 1 aliphatic heterocycles. The quantitative estimate of drug-likeness (QED) is 0.830. The average molecular weight is 244 g/mol. The minimum atomic E-state index is 0.381. The highest BCUT2D eigenvalue weighted by atomic mass is 16.5. The summed E-state index contributed by atoms with van der Waals surface area (Å²) in [6.45, 7) is 2.24. The number of ether oxygens (including phenoxy) is 1. The third-order valence-corrected chi connectivity index (χ3v) is 3.78. The fraction of sp³-hybridized carbons (Fsp3) is 0.533. The van der Waals surface area contributed by atoms with E-state index in [0.717, 1.165) is 29.6 Å². The Bertz CT molecular complexity index is 532. The summed E-state index contributed by atoms with van der Waals surface area (Å²) in [6, 6.07) is 4.26. The molecule has 1 unspecified atom stereocenters. The molecule has 0 aliphatic carbocycles. The van der Waals surface area contributed by atoms with E-state index < -0.39 is 0 Å². The third kappa shape index (κ3) is 2.09. The van der Waals surface area contributed by atoms with E-state index in [1.54, 1.807) is 6.33 Å². The third-order valence-electron chi connectivity index (χ3n) is 3.78. The van der Waals surface area contributed by atoms with Crippen LogP contribution < -0.4 is 4.74 Å². The molecule has 0 spiro atoms. The molecule has 0 amide bonds. The zero-order valence-corrected chi connectivity index (χ0v) is 10.9. The highest BCUT2D eigenvalue weighted by molar-refractivity contribution is 5.83. The minimum Gasteiger partial charge on any atom is -0.488 e. The second kappa shape index (κ2) is 5.01. The van der Waals surface area contributed by atoms with Crippen LogP contribution in [0.1, 0.15) is 44.6 Å². The van der Waals surface area contributed by atoms with Crippen molar-refractivity contribution in [3.8, 4) is 5.75 Å². The molecule has 0 radical (unpaired) electrons. The monoisotopic (exact) mass is 244 g/mol. The first-order chi connectivity index (χ1) is 8.88. The summed E-state index contributed by atoms with van der Waals surface area (Å²) in [5, 5.41) is 0. The summed E-state index contributed by atoms with van der Waals surface area (Å²) in [7, 11) is 0. The van der Waals surface area contributed by atoms with Gasteiger partial charge in [-0.15, -0.1) is 0 Å². The maximum Gasteiger partial charge on any atom is 0.150 e. The Balaban J connectivity index is 1.80. The van der Waals surface area contributed by atoms with Gasteiger partial charge in [-0.3, -0.25) is 0 Å². The molecule has 1 aromatic carbocycles. The lowest BCUT2D eigenvalue weighted by molar-refractivity contribution is 0.162. The lowest BCUT2D eigenvalue weighted by Crippen LogP contribution is -2.22. The first-order valence-corrected chi connectivity index (χ1v) is 7.00. The van der Waals surface area contributed by atoms with Gasteiger partial charge in [0.1, 0.15) is 5.52 Å². The number of imidazole rings is 1. The molecule has 3 nitrogen and oxygen atoms in total. The van der Waals surface area contributed by atoms with Crippen LogP contribution in [0.4, 0.5) is 0 Å². The van der Waals surface area contributed by atoms with Crippen LogP contribution in [0, 0.1) is 0 Å². The number of nitrogens with one attached hydrogen (secondary N) is 1. The predicted octanol–water partition coefficient (Wildman–Crippen LogP) is 3.84. The Morgan fingerprint density at radius 3 is 3.22 bits per heavy atom. The van der Waals surface area contributed by atoms with Crippen molar-refractivity contribution >= 4 is 11.0 Å². The van der Waals surface area contributed by atoms with Gasteiger partial charge in [-0.2, -0.15) is 0 Å². The van der Waals surface area contributed by atoms with Gasteiger partial charge in [-0.1, -0.05) is 25.8 Å². The van der Waals surface area contributed by atoms with Crippen LogP contribution in [-0.2, 0) is 6.42 Å². The van der Waals surface area contributed by atoms with Gasteiger partial charge in [-0.05, 0) is 37.3 Å². The van der Waals surface area contributed by atoms with Crippen molar-refractivity contribution in [2.75, 3.05) is 0 Å². The first kappa shape index (κ1) is 11.6. The number of aryl methyl sites for hydroxylation is 1. The maximum atomic E-state index is 6.17. The summed E-state index contributed by atoms with van der Waals surface area (Å²) in [5.74, 6) is 1.02. The molecule has 1 atom stereocenters. The van der Waals surface area contributed by atoms with Crippen LogP contribution in [0.15, 0.2) is 18.5 Å². The topological polar surface area (TPSA) is 37.9 Å². The largest absolute Gasteiger partial charge is 0.488 e. The number of benzene rings is 1. The molecule has 0 bridgehead atoms. The van der Waals surface area contributed by atoms with E-state index in [9.17, 15) is 0 Å². The number of H-pyrrole nitrogens is 1. The molecule has 1 N–H and O–H groups in total. The number of aromatic nitrogens is 2. The number of fused-ring (bicyclic) bond motifs is 3. The number of aromatic amines is 1. The Hall–Kier alpha value is -1.51. The Kier molecular flexibility index (Phi) is 3.22. The molecule has 0 fully saturated rings. The van der Waals surface area contributed by atoms with Crippen LogP contribution in [0.3, 0.4) is 0 Å². The van der Waals surface area contributed by atoms with Crippen LogP contribution in [0.5, 0.6) is 5.75 Å². The van der Waals surface area contributed by atoms with Gasteiger partial charge in [0.15, 0.2) is 5.75 Å². The maximum absolute atomic E-state index is 6.17. The standard InChI is InChI=1S/C15H20N2O/c1-2-3-4-5-12-8-6-11-7-9-13-14(15(11)18-12)17-10-16-13/h7,9-10,12H,2-6,8H2,1H3,(H,16,17). The van der Waals surface area contributed by atoms with Crippen molar-refractivity contribution < 1.29 is 4.74 Å². The molecule has 96 valence electrons. The fourth-order valence-electron chi connectivity index (χ4n) is 2.72. The highest BCUT2D eigenvalue weighted by Gasteiger charge is 2.22. The predicted molar refractivity (Wildman–Crippen MR) is 73.0 cm³/mol. The highest BCUT2D eigenvalue weighted by Crippen LogP contribution is 2.34. The molecule has 1 aliphatic rings. The summed E-state index contributed by atoms with van der Waals surface area (Å²) >= 11 is 0. The number of hydrogen-bond acceptors (Lipinski definition) is 2. The summed E-state index contributed by atoms with van der Waals surface area (Å²) < 4.78 is 6.17. The second-order valence-corrected chi connectivity index (χ2v) is 5.13. The van der Waals surface area contributed by atoms with E-state index in [1.165, 1.54) is 31.2 Å².